The molecule has 33 heavy (non-hydrogen) atoms. The van der Waals surface area contributed by atoms with Crippen LogP contribution in [0.15, 0.2) is 29.2 Å². The van der Waals surface area contributed by atoms with Crippen LogP contribution in [0.1, 0.15) is 46.1 Å². The molecular weight excluding hydrogens is 467 g/mol. The number of thiophene rings is 1. The van der Waals surface area contributed by atoms with Gasteiger partial charge >= 0.3 is 5.97 Å². The van der Waals surface area contributed by atoms with E-state index in [1.54, 1.807) is 6.92 Å². The number of esters is 1. The fraction of sp³-hybridized carbons (Fsp3) is 0.304. The molecule has 3 amide bonds. The number of fused-ring (bicyclic) bond motifs is 1. The number of rotatable bonds is 6. The Labute approximate surface area is 198 Å². The first-order chi connectivity index (χ1) is 15.9. The third-order valence-electron chi connectivity index (χ3n) is 5.25. The Balaban J connectivity index is 1.49. The minimum Gasteiger partial charge on any atom is -0.462 e. The monoisotopic (exact) mass is 488 g/mol. The van der Waals surface area contributed by atoms with E-state index in [1.807, 2.05) is 0 Å². The van der Waals surface area contributed by atoms with Crippen molar-refractivity contribution in [1.29, 1.82) is 0 Å². The number of benzene rings is 1. The molecule has 4 rings (SSSR count). The number of ether oxygens (including phenoxy) is 1. The van der Waals surface area contributed by atoms with Gasteiger partial charge in [-0.15, -0.1) is 11.3 Å². The largest absolute Gasteiger partial charge is 0.462 e. The number of hydrogen-bond donors (Lipinski definition) is 1. The van der Waals surface area contributed by atoms with E-state index in [0.717, 1.165) is 52.8 Å². The zero-order chi connectivity index (χ0) is 23.5. The van der Waals surface area contributed by atoms with E-state index in [0.29, 0.717) is 16.1 Å². The topological polar surface area (TPSA) is 92.8 Å². The van der Waals surface area contributed by atoms with Crippen LogP contribution in [0.3, 0.4) is 0 Å². The van der Waals surface area contributed by atoms with E-state index < -0.39 is 35.4 Å². The molecule has 0 radical (unpaired) electrons. The Morgan fingerprint density at radius 1 is 1.18 bits per heavy atom. The van der Waals surface area contributed by atoms with E-state index >= 15 is 0 Å². The summed E-state index contributed by atoms with van der Waals surface area (Å²) in [5.41, 5.74) is 1.85. The van der Waals surface area contributed by atoms with Gasteiger partial charge in [0.25, 0.3) is 11.1 Å². The molecule has 1 aromatic carbocycles. The second-order valence-corrected chi connectivity index (χ2v) is 9.60. The normalized spacial score (nSPS) is 16.8. The van der Waals surface area contributed by atoms with Gasteiger partial charge in [-0.05, 0) is 73.7 Å². The van der Waals surface area contributed by atoms with Gasteiger partial charge in [0.05, 0.1) is 17.1 Å². The number of nitrogens with one attached hydrogen (secondary N) is 1. The summed E-state index contributed by atoms with van der Waals surface area (Å²) in [6, 6.07) is 5.49. The summed E-state index contributed by atoms with van der Waals surface area (Å²) in [4.78, 5) is 52.4. The Kier molecular flexibility index (Phi) is 6.94. The van der Waals surface area contributed by atoms with Crippen molar-refractivity contribution in [3.8, 4) is 0 Å². The van der Waals surface area contributed by atoms with Crippen LogP contribution < -0.4 is 5.32 Å². The minimum atomic E-state index is -0.597. The van der Waals surface area contributed by atoms with Crippen molar-refractivity contribution >= 4 is 57.2 Å². The lowest BCUT2D eigenvalue weighted by Crippen LogP contribution is -2.36. The Hall–Kier alpha value is -2.98. The Bertz CT molecular complexity index is 1160. The number of halogens is 1. The average Bonchev–Trinajstić information content (AvgIpc) is 3.27. The first-order valence-corrected chi connectivity index (χ1v) is 12.1. The number of anilines is 1. The van der Waals surface area contributed by atoms with Crippen LogP contribution in [0, 0.1) is 5.82 Å². The number of imide groups is 1. The fourth-order valence-electron chi connectivity index (χ4n) is 3.73. The molecule has 2 aromatic rings. The molecule has 1 aliphatic carbocycles. The summed E-state index contributed by atoms with van der Waals surface area (Å²) in [5, 5.41) is 2.53. The highest BCUT2D eigenvalue weighted by Crippen LogP contribution is 2.39. The van der Waals surface area contributed by atoms with Crippen LogP contribution in [0.25, 0.3) is 6.08 Å². The third-order valence-corrected chi connectivity index (χ3v) is 7.36. The Morgan fingerprint density at radius 2 is 1.91 bits per heavy atom. The molecular formula is C23H21FN2O5S2. The summed E-state index contributed by atoms with van der Waals surface area (Å²) >= 11 is 2.06. The molecule has 0 saturated carbocycles. The molecule has 0 atom stereocenters. The number of amides is 3. The molecule has 2 heterocycles. The van der Waals surface area contributed by atoms with Gasteiger partial charge in [-0.2, -0.15) is 0 Å². The summed E-state index contributed by atoms with van der Waals surface area (Å²) in [7, 11) is 0. The van der Waals surface area contributed by atoms with E-state index in [-0.39, 0.29) is 11.5 Å². The van der Waals surface area contributed by atoms with Gasteiger partial charge in [-0.1, -0.05) is 12.1 Å². The second kappa shape index (κ2) is 9.88. The molecule has 0 spiro atoms. The van der Waals surface area contributed by atoms with Crippen molar-refractivity contribution in [2.24, 2.45) is 0 Å². The first-order valence-electron chi connectivity index (χ1n) is 10.5. The van der Waals surface area contributed by atoms with Gasteiger partial charge in [0.2, 0.25) is 5.91 Å². The SMILES string of the molecule is CCOC(=O)c1c(NC(=O)CN2C(=O)SC(=Cc3ccc(F)cc3)C2=O)sc2c1CCCC2. The van der Waals surface area contributed by atoms with Gasteiger partial charge in [-0.3, -0.25) is 19.3 Å². The standard InChI is InChI=1S/C23H21FN2O5S2/c1-2-31-22(29)19-15-5-3-4-6-16(15)32-20(19)25-18(27)12-26-21(28)17(33-23(26)30)11-13-7-9-14(24)10-8-13/h7-11H,2-6,12H2,1H3,(H,25,27). The highest BCUT2D eigenvalue weighted by Gasteiger charge is 2.37. The number of carbonyl (C=O) groups is 4. The van der Waals surface area contributed by atoms with E-state index in [9.17, 15) is 23.6 Å². The zero-order valence-corrected chi connectivity index (χ0v) is 19.4. The highest BCUT2D eigenvalue weighted by molar-refractivity contribution is 8.18. The van der Waals surface area contributed by atoms with E-state index in [2.05, 4.69) is 5.32 Å². The van der Waals surface area contributed by atoms with Crippen LogP contribution in [-0.4, -0.2) is 41.1 Å². The maximum Gasteiger partial charge on any atom is 0.341 e. The summed E-state index contributed by atoms with van der Waals surface area (Å²) in [5.74, 6) is -2.07. The van der Waals surface area contributed by atoms with Gasteiger partial charge in [0, 0.05) is 4.88 Å². The van der Waals surface area contributed by atoms with Gasteiger partial charge in [-0.25, -0.2) is 9.18 Å². The molecule has 7 nitrogen and oxygen atoms in total. The number of hydrogen-bond acceptors (Lipinski definition) is 7. The minimum absolute atomic E-state index is 0.151. The van der Waals surface area contributed by atoms with Gasteiger partial charge in [0.1, 0.15) is 17.4 Å². The number of aryl methyl sites for hydroxylation is 1. The van der Waals surface area contributed by atoms with Crippen LogP contribution in [0.4, 0.5) is 14.2 Å². The van der Waals surface area contributed by atoms with Crippen molar-refractivity contribution in [1.82, 2.24) is 4.90 Å². The summed E-state index contributed by atoms with van der Waals surface area (Å²) in [6.07, 6.45) is 5.03. The second-order valence-electron chi connectivity index (χ2n) is 7.50. The summed E-state index contributed by atoms with van der Waals surface area (Å²) in [6.45, 7) is 1.46. The predicted octanol–water partition coefficient (Wildman–Crippen LogP) is 4.62. The molecule has 1 fully saturated rings. The highest BCUT2D eigenvalue weighted by atomic mass is 32.2. The summed E-state index contributed by atoms with van der Waals surface area (Å²) < 4.78 is 18.3. The van der Waals surface area contributed by atoms with Crippen LogP contribution in [0.2, 0.25) is 0 Å². The molecule has 0 unspecified atom stereocenters. The van der Waals surface area contributed by atoms with Crippen LogP contribution in [0.5, 0.6) is 0 Å². The van der Waals surface area contributed by atoms with Crippen molar-refractivity contribution in [3.63, 3.8) is 0 Å². The fourth-order valence-corrected chi connectivity index (χ4v) is 5.86. The first kappa shape index (κ1) is 23.2. The molecule has 1 aromatic heterocycles. The van der Waals surface area contributed by atoms with E-state index in [1.165, 1.54) is 41.7 Å². The van der Waals surface area contributed by atoms with Crippen LogP contribution in [-0.2, 0) is 27.2 Å². The quantitative estimate of drug-likeness (QED) is 0.471. The predicted molar refractivity (Wildman–Crippen MR) is 125 cm³/mol. The van der Waals surface area contributed by atoms with Crippen molar-refractivity contribution in [2.45, 2.75) is 32.6 Å². The lowest BCUT2D eigenvalue weighted by atomic mass is 9.95. The van der Waals surface area contributed by atoms with Gasteiger partial charge in [0.15, 0.2) is 0 Å². The molecule has 2 aliphatic rings. The smallest absolute Gasteiger partial charge is 0.341 e. The van der Waals surface area contributed by atoms with Crippen molar-refractivity contribution in [3.05, 3.63) is 56.6 Å². The molecule has 172 valence electrons. The lowest BCUT2D eigenvalue weighted by Gasteiger charge is -2.13. The van der Waals surface area contributed by atoms with Gasteiger partial charge < -0.3 is 10.1 Å². The van der Waals surface area contributed by atoms with E-state index in [4.69, 9.17) is 4.74 Å². The third kappa shape index (κ3) is 5.01. The number of thioether (sulfide) groups is 1. The molecule has 1 saturated heterocycles. The molecule has 10 heteroatoms. The van der Waals surface area contributed by atoms with Crippen molar-refractivity contribution < 1.29 is 28.3 Å². The average molecular weight is 489 g/mol. The lowest BCUT2D eigenvalue weighted by molar-refractivity contribution is -0.127. The number of carbonyl (C=O) groups excluding carboxylic acids is 4. The molecule has 1 N–H and O–H groups in total. The maximum atomic E-state index is 13.1. The Morgan fingerprint density at radius 3 is 2.64 bits per heavy atom. The maximum absolute atomic E-state index is 13.1. The number of nitrogens with zero attached hydrogens (tertiary/aromatic N) is 1. The molecule has 1 aliphatic heterocycles. The molecule has 0 bridgehead atoms. The zero-order valence-electron chi connectivity index (χ0n) is 17.8. The van der Waals surface area contributed by atoms with Crippen LogP contribution >= 0.6 is 23.1 Å². The van der Waals surface area contributed by atoms with Crippen molar-refractivity contribution in [2.75, 3.05) is 18.5 Å².